The number of nitrogens with one attached hydrogen (secondary N) is 1. The van der Waals surface area contributed by atoms with Crippen molar-refractivity contribution in [3.05, 3.63) is 0 Å². The van der Waals surface area contributed by atoms with Crippen LogP contribution in [0.2, 0.25) is 0 Å². The van der Waals surface area contributed by atoms with E-state index >= 15 is 0 Å². The van der Waals surface area contributed by atoms with E-state index in [-0.39, 0.29) is 18.5 Å². The van der Waals surface area contributed by atoms with E-state index in [1.807, 2.05) is 0 Å². The summed E-state index contributed by atoms with van der Waals surface area (Å²) in [6, 6.07) is 0.289. The van der Waals surface area contributed by atoms with Gasteiger partial charge in [0.05, 0.1) is 6.42 Å². The fourth-order valence-electron chi connectivity index (χ4n) is 2.34. The van der Waals surface area contributed by atoms with Crippen LogP contribution in [0.25, 0.3) is 0 Å². The predicted molar refractivity (Wildman–Crippen MR) is 66.4 cm³/mol. The van der Waals surface area contributed by atoms with Crippen molar-refractivity contribution in [2.24, 2.45) is 0 Å². The molecule has 102 valence electrons. The highest BCUT2D eigenvalue weighted by Gasteiger charge is 2.32. The fourth-order valence-corrected chi connectivity index (χ4v) is 2.34. The quantitative estimate of drug-likeness (QED) is 0.760. The Morgan fingerprint density at radius 1 is 1.28 bits per heavy atom. The topological polar surface area (TPSA) is 72.9 Å². The van der Waals surface area contributed by atoms with Crippen molar-refractivity contribution in [3.8, 4) is 0 Å². The largest absolute Gasteiger partial charge is 0.481 e. The van der Waals surface area contributed by atoms with Crippen molar-refractivity contribution in [1.82, 2.24) is 15.1 Å². The Morgan fingerprint density at radius 3 is 2.39 bits per heavy atom. The Labute approximate surface area is 107 Å². The lowest BCUT2D eigenvalue weighted by molar-refractivity contribution is -0.137. The lowest BCUT2D eigenvalue weighted by Crippen LogP contribution is -2.53. The Bertz CT molecular complexity index is 323. The molecule has 1 saturated carbocycles. The fraction of sp³-hybridized carbons (Fsp3) is 0.833. The van der Waals surface area contributed by atoms with Crippen molar-refractivity contribution in [1.29, 1.82) is 0 Å². The maximum Gasteiger partial charge on any atom is 0.317 e. The van der Waals surface area contributed by atoms with Crippen LogP contribution >= 0.6 is 0 Å². The van der Waals surface area contributed by atoms with E-state index in [9.17, 15) is 9.59 Å². The molecule has 1 aliphatic carbocycles. The molecule has 1 heterocycles. The number of aliphatic carboxylic acids is 1. The van der Waals surface area contributed by atoms with E-state index in [1.165, 1.54) is 12.8 Å². The van der Waals surface area contributed by atoms with Crippen LogP contribution in [-0.4, -0.2) is 65.2 Å². The molecule has 0 aromatic heterocycles. The molecule has 0 aromatic carbocycles. The van der Waals surface area contributed by atoms with E-state index < -0.39 is 5.97 Å². The Morgan fingerprint density at radius 2 is 1.89 bits per heavy atom. The second-order valence-corrected chi connectivity index (χ2v) is 5.20. The van der Waals surface area contributed by atoms with Crippen LogP contribution in [0, 0.1) is 0 Å². The molecule has 0 bridgehead atoms. The van der Waals surface area contributed by atoms with Gasteiger partial charge in [-0.1, -0.05) is 0 Å². The van der Waals surface area contributed by atoms with Crippen molar-refractivity contribution < 1.29 is 14.7 Å². The van der Waals surface area contributed by atoms with Gasteiger partial charge in [0.1, 0.15) is 0 Å². The minimum atomic E-state index is -0.888. The smallest absolute Gasteiger partial charge is 0.317 e. The Balaban J connectivity index is 1.71. The van der Waals surface area contributed by atoms with Gasteiger partial charge >= 0.3 is 12.0 Å². The third-order valence-corrected chi connectivity index (χ3v) is 3.52. The number of carboxylic acid groups (broad SMARTS) is 1. The van der Waals surface area contributed by atoms with Gasteiger partial charge in [0, 0.05) is 38.3 Å². The zero-order valence-corrected chi connectivity index (χ0v) is 10.8. The number of amides is 2. The highest BCUT2D eigenvalue weighted by Crippen LogP contribution is 2.27. The van der Waals surface area contributed by atoms with E-state index in [1.54, 1.807) is 11.8 Å². The number of urea groups is 1. The normalized spacial score (nSPS) is 22.6. The Kier molecular flexibility index (Phi) is 4.06. The second kappa shape index (κ2) is 5.56. The first-order valence-electron chi connectivity index (χ1n) is 6.57. The number of rotatable bonds is 4. The number of carbonyl (C=O) groups is 2. The minimum Gasteiger partial charge on any atom is -0.481 e. The van der Waals surface area contributed by atoms with Crippen molar-refractivity contribution in [2.75, 3.05) is 26.2 Å². The van der Waals surface area contributed by atoms with Gasteiger partial charge in [0.25, 0.3) is 0 Å². The molecule has 18 heavy (non-hydrogen) atoms. The molecule has 2 amide bonds. The summed E-state index contributed by atoms with van der Waals surface area (Å²) in [5.74, 6) is -0.888. The summed E-state index contributed by atoms with van der Waals surface area (Å²) in [5.41, 5.74) is 0. The summed E-state index contributed by atoms with van der Waals surface area (Å²) in [5, 5.41) is 11.4. The molecule has 2 N–H and O–H groups in total. The average Bonchev–Trinajstić information content (AvgIpc) is 3.11. The van der Waals surface area contributed by atoms with Crippen molar-refractivity contribution in [2.45, 2.75) is 38.3 Å². The monoisotopic (exact) mass is 255 g/mol. The number of carbonyl (C=O) groups excluding carboxylic acids is 1. The highest BCUT2D eigenvalue weighted by molar-refractivity contribution is 5.76. The van der Waals surface area contributed by atoms with Crippen LogP contribution in [0.4, 0.5) is 4.79 Å². The summed E-state index contributed by atoms with van der Waals surface area (Å²) < 4.78 is 0. The Hall–Kier alpha value is -1.30. The zero-order valence-electron chi connectivity index (χ0n) is 10.8. The van der Waals surface area contributed by atoms with Crippen LogP contribution in [0.1, 0.15) is 26.2 Å². The number of piperazine rings is 1. The van der Waals surface area contributed by atoms with Gasteiger partial charge in [-0.25, -0.2) is 4.79 Å². The number of hydrogen-bond donors (Lipinski definition) is 2. The first-order valence-corrected chi connectivity index (χ1v) is 6.57. The van der Waals surface area contributed by atoms with Gasteiger partial charge in [-0.15, -0.1) is 0 Å². The van der Waals surface area contributed by atoms with E-state index in [0.29, 0.717) is 0 Å². The van der Waals surface area contributed by atoms with Gasteiger partial charge < -0.3 is 15.3 Å². The van der Waals surface area contributed by atoms with Crippen molar-refractivity contribution in [3.63, 3.8) is 0 Å². The lowest BCUT2D eigenvalue weighted by Gasteiger charge is -2.35. The first-order chi connectivity index (χ1) is 8.56. The molecule has 0 radical (unpaired) electrons. The zero-order chi connectivity index (χ0) is 13.1. The maximum absolute atomic E-state index is 11.9. The summed E-state index contributed by atoms with van der Waals surface area (Å²) in [7, 11) is 0. The van der Waals surface area contributed by atoms with Gasteiger partial charge in [-0.2, -0.15) is 0 Å². The van der Waals surface area contributed by atoms with Crippen LogP contribution in [-0.2, 0) is 4.79 Å². The minimum absolute atomic E-state index is 0.0339. The van der Waals surface area contributed by atoms with Crippen LogP contribution in [0.5, 0.6) is 0 Å². The molecular weight excluding hydrogens is 234 g/mol. The third-order valence-electron chi connectivity index (χ3n) is 3.52. The summed E-state index contributed by atoms with van der Waals surface area (Å²) in [4.78, 5) is 26.6. The van der Waals surface area contributed by atoms with Crippen molar-refractivity contribution >= 4 is 12.0 Å². The van der Waals surface area contributed by atoms with Gasteiger partial charge in [0.2, 0.25) is 0 Å². The highest BCUT2D eigenvalue weighted by atomic mass is 16.4. The molecule has 2 fully saturated rings. The molecule has 1 atom stereocenters. The lowest BCUT2D eigenvalue weighted by atomic mass is 10.2. The predicted octanol–water partition coefficient (Wildman–Crippen LogP) is 0.339. The average molecular weight is 255 g/mol. The summed E-state index contributed by atoms with van der Waals surface area (Å²) in [6.45, 7) is 5.06. The molecule has 2 rings (SSSR count). The SMILES string of the molecule is CC(CC(=O)O)NC(=O)N1CCN(C2CC2)CC1. The standard InChI is InChI=1S/C12H21N3O3/c1-9(8-11(16)17)13-12(18)15-6-4-14(5-7-15)10-2-3-10/h9-10H,2-8H2,1H3,(H,13,18)(H,16,17). The number of carboxylic acids is 1. The molecule has 1 saturated heterocycles. The second-order valence-electron chi connectivity index (χ2n) is 5.20. The van der Waals surface area contributed by atoms with Gasteiger partial charge in [-0.3, -0.25) is 9.69 Å². The number of nitrogens with zero attached hydrogens (tertiary/aromatic N) is 2. The van der Waals surface area contributed by atoms with Crippen LogP contribution < -0.4 is 5.32 Å². The van der Waals surface area contributed by atoms with E-state index in [4.69, 9.17) is 5.11 Å². The molecule has 2 aliphatic rings. The first kappa shape index (κ1) is 13.1. The number of hydrogen-bond acceptors (Lipinski definition) is 3. The maximum atomic E-state index is 11.9. The third kappa shape index (κ3) is 3.60. The molecule has 0 spiro atoms. The summed E-state index contributed by atoms with van der Waals surface area (Å²) in [6.07, 6.45) is 2.55. The molecule has 6 nitrogen and oxygen atoms in total. The molecule has 0 aromatic rings. The molecule has 1 unspecified atom stereocenters. The van der Waals surface area contributed by atoms with E-state index in [2.05, 4.69) is 10.2 Å². The van der Waals surface area contributed by atoms with Crippen LogP contribution in [0.15, 0.2) is 0 Å². The molecular formula is C12H21N3O3. The van der Waals surface area contributed by atoms with Gasteiger partial charge in [-0.05, 0) is 19.8 Å². The van der Waals surface area contributed by atoms with Gasteiger partial charge in [0.15, 0.2) is 0 Å². The van der Waals surface area contributed by atoms with E-state index in [0.717, 1.165) is 32.2 Å². The molecule has 1 aliphatic heterocycles. The summed E-state index contributed by atoms with van der Waals surface area (Å²) >= 11 is 0. The van der Waals surface area contributed by atoms with Crippen LogP contribution in [0.3, 0.4) is 0 Å². The molecule has 6 heteroatoms.